The van der Waals surface area contributed by atoms with E-state index < -0.39 is 0 Å². The van der Waals surface area contributed by atoms with E-state index in [1.807, 2.05) is 48.5 Å². The van der Waals surface area contributed by atoms with Gasteiger partial charge in [-0.05, 0) is 59.7 Å². The molecule has 0 heterocycles. The van der Waals surface area contributed by atoms with Gasteiger partial charge in [-0.2, -0.15) is 5.10 Å². The Morgan fingerprint density at radius 3 is 2.18 bits per heavy atom. The summed E-state index contributed by atoms with van der Waals surface area (Å²) < 4.78 is 24.6. The summed E-state index contributed by atoms with van der Waals surface area (Å²) in [4.78, 5) is 12.4. The number of rotatable bonds is 9. The van der Waals surface area contributed by atoms with Gasteiger partial charge in [0.2, 0.25) is 0 Å². The van der Waals surface area contributed by atoms with Crippen LogP contribution in [0.2, 0.25) is 0 Å². The molecule has 1 N–H and O–H groups in total. The van der Waals surface area contributed by atoms with Gasteiger partial charge >= 0.3 is 0 Å². The number of ether oxygens (including phenoxy) is 2. The Balaban J connectivity index is 1.30. The molecule has 0 aliphatic rings. The third-order valence-electron chi connectivity index (χ3n) is 4.96. The molecule has 4 aromatic carbocycles. The lowest BCUT2D eigenvalue weighted by molar-refractivity contribution is 0.0955. The standard InChI is InChI=1S/C28H23FN2O3/c29-25-14-10-22(11-15-25)20-34-27-9-5-4-8-24(27)18-30-31-28(32)23-12-16-26(17-13-23)33-19-21-6-2-1-3-7-21/h1-18H,19-20H2,(H,31,32). The predicted octanol–water partition coefficient (Wildman–Crippen LogP) is 5.75. The maximum absolute atomic E-state index is 13.1. The van der Waals surface area contributed by atoms with Crippen molar-refractivity contribution in [1.29, 1.82) is 0 Å². The SMILES string of the molecule is O=C(NN=Cc1ccccc1OCc1ccc(F)cc1)c1ccc(OCc2ccccc2)cc1. The van der Waals surface area contributed by atoms with Crippen molar-refractivity contribution in [2.24, 2.45) is 5.10 Å². The van der Waals surface area contributed by atoms with Crippen LogP contribution in [0, 0.1) is 5.82 Å². The van der Waals surface area contributed by atoms with Gasteiger partial charge in [0.05, 0.1) is 6.21 Å². The van der Waals surface area contributed by atoms with Crippen molar-refractivity contribution < 1.29 is 18.7 Å². The molecule has 0 saturated carbocycles. The van der Waals surface area contributed by atoms with E-state index in [0.717, 1.165) is 11.1 Å². The van der Waals surface area contributed by atoms with Crippen LogP contribution in [-0.2, 0) is 13.2 Å². The summed E-state index contributed by atoms with van der Waals surface area (Å²) >= 11 is 0. The van der Waals surface area contributed by atoms with Gasteiger partial charge in [-0.25, -0.2) is 9.82 Å². The fourth-order valence-electron chi connectivity index (χ4n) is 3.13. The lowest BCUT2D eigenvalue weighted by atomic mass is 10.2. The minimum Gasteiger partial charge on any atom is -0.489 e. The molecule has 0 aromatic heterocycles. The van der Waals surface area contributed by atoms with E-state index in [1.165, 1.54) is 18.3 Å². The Morgan fingerprint density at radius 1 is 0.765 bits per heavy atom. The monoisotopic (exact) mass is 454 g/mol. The minimum absolute atomic E-state index is 0.288. The number of nitrogens with one attached hydrogen (secondary N) is 1. The number of hydrogen-bond acceptors (Lipinski definition) is 4. The summed E-state index contributed by atoms with van der Waals surface area (Å²) in [7, 11) is 0. The zero-order chi connectivity index (χ0) is 23.6. The highest BCUT2D eigenvalue weighted by Gasteiger charge is 2.06. The van der Waals surface area contributed by atoms with Crippen LogP contribution in [0.25, 0.3) is 0 Å². The van der Waals surface area contributed by atoms with Crippen LogP contribution < -0.4 is 14.9 Å². The van der Waals surface area contributed by atoms with Gasteiger partial charge in [-0.3, -0.25) is 4.79 Å². The quantitative estimate of drug-likeness (QED) is 0.259. The highest BCUT2D eigenvalue weighted by molar-refractivity contribution is 5.95. The topological polar surface area (TPSA) is 59.9 Å². The predicted molar refractivity (Wildman–Crippen MR) is 129 cm³/mol. The number of halogens is 1. The number of hydrazone groups is 1. The summed E-state index contributed by atoms with van der Waals surface area (Å²) in [6, 6.07) is 30.2. The van der Waals surface area contributed by atoms with Crippen LogP contribution in [0.5, 0.6) is 11.5 Å². The highest BCUT2D eigenvalue weighted by Crippen LogP contribution is 2.18. The molecule has 4 rings (SSSR count). The van der Waals surface area contributed by atoms with Crippen LogP contribution in [0.4, 0.5) is 4.39 Å². The second-order valence-corrected chi connectivity index (χ2v) is 7.45. The highest BCUT2D eigenvalue weighted by atomic mass is 19.1. The smallest absolute Gasteiger partial charge is 0.271 e. The van der Waals surface area contributed by atoms with Gasteiger partial charge in [0.1, 0.15) is 30.5 Å². The zero-order valence-electron chi connectivity index (χ0n) is 18.4. The average Bonchev–Trinajstić information content (AvgIpc) is 2.88. The summed E-state index contributed by atoms with van der Waals surface area (Å²) in [5.41, 5.74) is 5.61. The number of para-hydroxylation sites is 1. The summed E-state index contributed by atoms with van der Waals surface area (Å²) in [6.07, 6.45) is 1.52. The first kappa shape index (κ1) is 22.7. The van der Waals surface area contributed by atoms with E-state index >= 15 is 0 Å². The molecule has 4 aromatic rings. The summed E-state index contributed by atoms with van der Waals surface area (Å²) in [5, 5.41) is 4.06. The second-order valence-electron chi connectivity index (χ2n) is 7.45. The molecular formula is C28H23FN2O3. The first-order valence-electron chi connectivity index (χ1n) is 10.7. The van der Waals surface area contributed by atoms with Crippen molar-refractivity contribution in [3.8, 4) is 11.5 Å². The second kappa shape index (κ2) is 11.4. The average molecular weight is 455 g/mol. The van der Waals surface area contributed by atoms with Crippen LogP contribution in [-0.4, -0.2) is 12.1 Å². The van der Waals surface area contributed by atoms with E-state index in [9.17, 15) is 9.18 Å². The van der Waals surface area contributed by atoms with Crippen molar-refractivity contribution in [3.63, 3.8) is 0 Å². The molecule has 0 spiro atoms. The zero-order valence-corrected chi connectivity index (χ0v) is 18.4. The van der Waals surface area contributed by atoms with Crippen molar-refractivity contribution in [3.05, 3.63) is 131 Å². The van der Waals surface area contributed by atoms with E-state index in [4.69, 9.17) is 9.47 Å². The third-order valence-corrected chi connectivity index (χ3v) is 4.96. The number of benzene rings is 4. The van der Waals surface area contributed by atoms with Gasteiger partial charge in [-0.15, -0.1) is 0 Å². The molecule has 170 valence electrons. The van der Waals surface area contributed by atoms with Crippen LogP contribution in [0.15, 0.2) is 108 Å². The van der Waals surface area contributed by atoms with Crippen LogP contribution in [0.1, 0.15) is 27.0 Å². The van der Waals surface area contributed by atoms with E-state index in [-0.39, 0.29) is 18.3 Å². The molecule has 0 aliphatic heterocycles. The number of hydrogen-bond donors (Lipinski definition) is 1. The largest absolute Gasteiger partial charge is 0.489 e. The van der Waals surface area contributed by atoms with E-state index in [1.54, 1.807) is 42.5 Å². The molecule has 0 radical (unpaired) electrons. The Hall–Kier alpha value is -4.45. The van der Waals surface area contributed by atoms with Crippen LogP contribution >= 0.6 is 0 Å². The number of carbonyl (C=O) groups excluding carboxylic acids is 1. The van der Waals surface area contributed by atoms with Gasteiger partial charge in [-0.1, -0.05) is 54.6 Å². The molecule has 0 fully saturated rings. The maximum Gasteiger partial charge on any atom is 0.271 e. The maximum atomic E-state index is 13.1. The van der Waals surface area contributed by atoms with Crippen molar-refractivity contribution in [2.45, 2.75) is 13.2 Å². The number of amides is 1. The van der Waals surface area contributed by atoms with Gasteiger partial charge < -0.3 is 9.47 Å². The van der Waals surface area contributed by atoms with Gasteiger partial charge in [0.25, 0.3) is 5.91 Å². The Bertz CT molecular complexity index is 1240. The third kappa shape index (κ3) is 6.53. The molecule has 0 aliphatic carbocycles. The Morgan fingerprint density at radius 2 is 1.41 bits per heavy atom. The summed E-state index contributed by atoms with van der Waals surface area (Å²) in [5.74, 6) is 0.651. The number of carbonyl (C=O) groups is 1. The molecule has 0 unspecified atom stereocenters. The van der Waals surface area contributed by atoms with Crippen LogP contribution in [0.3, 0.4) is 0 Å². The van der Waals surface area contributed by atoms with Gasteiger partial charge in [0.15, 0.2) is 0 Å². The Kier molecular flexibility index (Phi) is 7.64. The van der Waals surface area contributed by atoms with Crippen molar-refractivity contribution in [2.75, 3.05) is 0 Å². The van der Waals surface area contributed by atoms with Crippen molar-refractivity contribution >= 4 is 12.1 Å². The van der Waals surface area contributed by atoms with Gasteiger partial charge in [0, 0.05) is 11.1 Å². The first-order chi connectivity index (χ1) is 16.7. The van der Waals surface area contributed by atoms with Crippen molar-refractivity contribution in [1.82, 2.24) is 5.43 Å². The molecule has 1 amide bonds. The summed E-state index contributed by atoms with van der Waals surface area (Å²) in [6.45, 7) is 0.746. The van der Waals surface area contributed by atoms with E-state index in [2.05, 4.69) is 10.5 Å². The Labute approximate surface area is 197 Å². The molecule has 0 saturated heterocycles. The fourth-order valence-corrected chi connectivity index (χ4v) is 3.13. The normalized spacial score (nSPS) is 10.7. The first-order valence-corrected chi connectivity index (χ1v) is 10.7. The molecular weight excluding hydrogens is 431 g/mol. The molecule has 5 nitrogen and oxygen atoms in total. The molecule has 0 bridgehead atoms. The fraction of sp³-hybridized carbons (Fsp3) is 0.0714. The molecule has 6 heteroatoms. The molecule has 34 heavy (non-hydrogen) atoms. The minimum atomic E-state index is -0.337. The lowest BCUT2D eigenvalue weighted by Crippen LogP contribution is -2.17. The number of nitrogens with zero attached hydrogens (tertiary/aromatic N) is 1. The molecule has 0 atom stereocenters. The van der Waals surface area contributed by atoms with E-state index in [0.29, 0.717) is 29.2 Å². The lowest BCUT2D eigenvalue weighted by Gasteiger charge is -2.09.